The molecule has 0 spiro atoms. The zero-order valence-corrected chi connectivity index (χ0v) is 19.0. The molecule has 0 bridgehead atoms. The largest absolute Gasteiger partial charge is 0.365 e. The third-order valence-corrected chi connectivity index (χ3v) is 7.12. The molecule has 2 aromatic carbocycles. The Morgan fingerprint density at radius 3 is 2.74 bits per heavy atom. The quantitative estimate of drug-likeness (QED) is 0.541. The van der Waals surface area contributed by atoms with Gasteiger partial charge in [0.15, 0.2) is 0 Å². The van der Waals surface area contributed by atoms with Crippen LogP contribution in [0.4, 0.5) is 5.69 Å². The molecule has 1 saturated heterocycles. The summed E-state index contributed by atoms with van der Waals surface area (Å²) < 4.78 is 0. The normalized spacial score (nSPS) is 18.9. The number of pyridine rings is 1. The predicted octanol–water partition coefficient (Wildman–Crippen LogP) is 5.43. The van der Waals surface area contributed by atoms with Crippen molar-refractivity contribution in [3.05, 3.63) is 69.9 Å². The summed E-state index contributed by atoms with van der Waals surface area (Å²) in [6.07, 6.45) is 4.30. The second-order valence-electron chi connectivity index (χ2n) is 8.92. The van der Waals surface area contributed by atoms with E-state index in [0.29, 0.717) is 18.7 Å². The fourth-order valence-electron chi connectivity index (χ4n) is 5.01. The van der Waals surface area contributed by atoms with Gasteiger partial charge in [0.2, 0.25) is 0 Å². The standard InChI is InChI=1S/C26H28ClN3O/c1-17-6-5-7-20(14-17)30-13-12-29(16-18(30)2)26(31)19-10-11-22-24(15-19)28-23-9-4-3-8-21(23)25(22)27/h5-7,10-11,14-15,18H,3-4,8-9,12-13,16H2,1-2H3. The molecule has 2 aliphatic rings. The van der Waals surface area contributed by atoms with Crippen molar-refractivity contribution < 1.29 is 4.79 Å². The van der Waals surface area contributed by atoms with Crippen LogP contribution in [0.1, 0.15) is 46.9 Å². The minimum absolute atomic E-state index is 0.0771. The Kier molecular flexibility index (Phi) is 5.35. The van der Waals surface area contributed by atoms with E-state index in [1.54, 1.807) is 0 Å². The van der Waals surface area contributed by atoms with E-state index in [4.69, 9.17) is 16.6 Å². The topological polar surface area (TPSA) is 36.4 Å². The Morgan fingerprint density at radius 1 is 1.10 bits per heavy atom. The number of hydrogen-bond acceptors (Lipinski definition) is 3. The van der Waals surface area contributed by atoms with E-state index >= 15 is 0 Å². The molecule has 3 aromatic rings. The number of carbonyl (C=O) groups excluding carboxylic acids is 1. The lowest BCUT2D eigenvalue weighted by atomic mass is 9.94. The lowest BCUT2D eigenvalue weighted by Gasteiger charge is -2.41. The summed E-state index contributed by atoms with van der Waals surface area (Å²) in [5, 5.41) is 1.77. The van der Waals surface area contributed by atoms with E-state index in [1.165, 1.54) is 23.2 Å². The van der Waals surface area contributed by atoms with Crippen LogP contribution in [0.25, 0.3) is 10.9 Å². The highest BCUT2D eigenvalue weighted by molar-refractivity contribution is 6.36. The van der Waals surface area contributed by atoms with E-state index in [9.17, 15) is 4.79 Å². The van der Waals surface area contributed by atoms with Gasteiger partial charge in [-0.1, -0.05) is 29.8 Å². The predicted molar refractivity (Wildman–Crippen MR) is 127 cm³/mol. The molecule has 1 aromatic heterocycles. The van der Waals surface area contributed by atoms with Gasteiger partial charge in [-0.25, -0.2) is 0 Å². The zero-order chi connectivity index (χ0) is 21.5. The van der Waals surface area contributed by atoms with Crippen LogP contribution < -0.4 is 4.90 Å². The highest BCUT2D eigenvalue weighted by Gasteiger charge is 2.28. The monoisotopic (exact) mass is 433 g/mol. The molecule has 31 heavy (non-hydrogen) atoms. The van der Waals surface area contributed by atoms with Crippen LogP contribution in [0.2, 0.25) is 5.02 Å². The van der Waals surface area contributed by atoms with Crippen molar-refractivity contribution in [3.8, 4) is 0 Å². The van der Waals surface area contributed by atoms with E-state index in [1.807, 2.05) is 23.1 Å². The molecular formula is C26H28ClN3O. The number of piperazine rings is 1. The molecular weight excluding hydrogens is 406 g/mol. The Morgan fingerprint density at radius 2 is 1.94 bits per heavy atom. The summed E-state index contributed by atoms with van der Waals surface area (Å²) in [5.74, 6) is 0.0771. The summed E-state index contributed by atoms with van der Waals surface area (Å²) in [4.78, 5) is 22.5. The second-order valence-corrected chi connectivity index (χ2v) is 9.30. The van der Waals surface area contributed by atoms with Crippen molar-refractivity contribution in [2.24, 2.45) is 0 Å². The molecule has 1 fully saturated rings. The van der Waals surface area contributed by atoms with Crippen molar-refractivity contribution in [3.63, 3.8) is 0 Å². The Labute approximate surface area is 188 Å². The number of carbonyl (C=O) groups is 1. The molecule has 0 saturated carbocycles. The number of benzene rings is 2. The van der Waals surface area contributed by atoms with Gasteiger partial charge < -0.3 is 9.80 Å². The van der Waals surface area contributed by atoms with Gasteiger partial charge in [-0.15, -0.1) is 0 Å². The van der Waals surface area contributed by atoms with Gasteiger partial charge in [-0.2, -0.15) is 0 Å². The first-order valence-electron chi connectivity index (χ1n) is 11.2. The maximum absolute atomic E-state index is 13.3. The number of nitrogens with zero attached hydrogens (tertiary/aromatic N) is 3. The third-order valence-electron chi connectivity index (χ3n) is 6.69. The smallest absolute Gasteiger partial charge is 0.254 e. The van der Waals surface area contributed by atoms with Gasteiger partial charge in [0.05, 0.1) is 10.5 Å². The molecule has 1 amide bonds. The zero-order valence-electron chi connectivity index (χ0n) is 18.2. The summed E-state index contributed by atoms with van der Waals surface area (Å²) in [7, 11) is 0. The number of rotatable bonds is 2. The molecule has 0 N–H and O–H groups in total. The third kappa shape index (κ3) is 3.78. The average Bonchev–Trinajstić information content (AvgIpc) is 2.78. The molecule has 0 radical (unpaired) electrons. The van der Waals surface area contributed by atoms with Crippen molar-refractivity contribution in [2.45, 2.75) is 45.6 Å². The minimum Gasteiger partial charge on any atom is -0.365 e. The fourth-order valence-corrected chi connectivity index (χ4v) is 5.38. The number of anilines is 1. The molecule has 160 valence electrons. The van der Waals surface area contributed by atoms with E-state index in [-0.39, 0.29) is 11.9 Å². The molecule has 4 nitrogen and oxygen atoms in total. The van der Waals surface area contributed by atoms with Gasteiger partial charge in [0, 0.05) is 48.0 Å². The number of aryl methyl sites for hydroxylation is 2. The van der Waals surface area contributed by atoms with Gasteiger partial charge in [0.25, 0.3) is 5.91 Å². The van der Waals surface area contributed by atoms with Crippen LogP contribution in [-0.2, 0) is 12.8 Å². The van der Waals surface area contributed by atoms with E-state index in [2.05, 4.69) is 43.0 Å². The maximum atomic E-state index is 13.3. The van der Waals surface area contributed by atoms with Gasteiger partial charge in [-0.3, -0.25) is 9.78 Å². The lowest BCUT2D eigenvalue weighted by Crippen LogP contribution is -2.53. The highest BCUT2D eigenvalue weighted by atomic mass is 35.5. The van der Waals surface area contributed by atoms with Crippen LogP contribution in [0.15, 0.2) is 42.5 Å². The highest BCUT2D eigenvalue weighted by Crippen LogP contribution is 2.33. The SMILES string of the molecule is Cc1cccc(N2CCN(C(=O)c3ccc4c(Cl)c5c(nc4c3)CCCC5)CC2C)c1. The van der Waals surface area contributed by atoms with E-state index in [0.717, 1.165) is 47.4 Å². The summed E-state index contributed by atoms with van der Waals surface area (Å²) in [6.45, 7) is 6.57. The molecule has 1 aliphatic carbocycles. The Balaban J connectivity index is 1.38. The first-order chi connectivity index (χ1) is 15.0. The fraction of sp³-hybridized carbons (Fsp3) is 0.385. The van der Waals surface area contributed by atoms with Crippen LogP contribution in [0, 0.1) is 6.92 Å². The van der Waals surface area contributed by atoms with E-state index < -0.39 is 0 Å². The van der Waals surface area contributed by atoms with Gasteiger partial charge in [0.1, 0.15) is 0 Å². The summed E-state index contributed by atoms with van der Waals surface area (Å²) in [5.41, 5.74) is 6.32. The maximum Gasteiger partial charge on any atom is 0.254 e. The van der Waals surface area contributed by atoms with Crippen molar-refractivity contribution in [2.75, 3.05) is 24.5 Å². The number of halogens is 1. The minimum atomic E-state index is 0.0771. The Bertz CT molecular complexity index is 1160. The molecule has 5 heteroatoms. The molecule has 1 unspecified atom stereocenters. The Hall–Kier alpha value is -2.59. The van der Waals surface area contributed by atoms with Crippen molar-refractivity contribution in [1.29, 1.82) is 0 Å². The van der Waals surface area contributed by atoms with Crippen molar-refractivity contribution >= 4 is 34.1 Å². The number of fused-ring (bicyclic) bond motifs is 2. The average molecular weight is 434 g/mol. The van der Waals surface area contributed by atoms with Crippen LogP contribution >= 0.6 is 11.6 Å². The molecule has 1 atom stereocenters. The lowest BCUT2D eigenvalue weighted by molar-refractivity contribution is 0.0726. The first kappa shape index (κ1) is 20.3. The summed E-state index contributed by atoms with van der Waals surface area (Å²) >= 11 is 6.70. The van der Waals surface area contributed by atoms with Crippen LogP contribution in [0.3, 0.4) is 0 Å². The second kappa shape index (κ2) is 8.16. The summed E-state index contributed by atoms with van der Waals surface area (Å²) in [6, 6.07) is 14.7. The first-order valence-corrected chi connectivity index (χ1v) is 11.6. The molecule has 2 heterocycles. The van der Waals surface area contributed by atoms with Crippen LogP contribution in [0.5, 0.6) is 0 Å². The molecule has 1 aliphatic heterocycles. The number of hydrogen-bond donors (Lipinski definition) is 0. The molecule has 5 rings (SSSR count). The number of amides is 1. The van der Waals surface area contributed by atoms with Gasteiger partial charge >= 0.3 is 0 Å². The number of aromatic nitrogens is 1. The van der Waals surface area contributed by atoms with Gasteiger partial charge in [-0.05, 0) is 74.9 Å². The van der Waals surface area contributed by atoms with Crippen molar-refractivity contribution in [1.82, 2.24) is 9.88 Å². The van der Waals surface area contributed by atoms with Crippen LogP contribution in [-0.4, -0.2) is 41.5 Å².